The lowest BCUT2D eigenvalue weighted by molar-refractivity contribution is 0.426. The Kier molecular flexibility index (Phi) is 3.38. The van der Waals surface area contributed by atoms with Crippen LogP contribution in [0.5, 0.6) is 0 Å². The van der Waals surface area contributed by atoms with Gasteiger partial charge in [-0.05, 0) is 44.2 Å². The van der Waals surface area contributed by atoms with Crippen LogP contribution in [0.15, 0.2) is 78.9 Å². The van der Waals surface area contributed by atoms with Gasteiger partial charge in [0.25, 0.3) is 0 Å². The molecule has 0 aromatic heterocycles. The second kappa shape index (κ2) is 5.54. The van der Waals surface area contributed by atoms with Crippen LogP contribution in [-0.2, 0) is 0 Å². The average Bonchev–Trinajstić information content (AvgIpc) is 2.59. The summed E-state index contributed by atoms with van der Waals surface area (Å²) in [6.07, 6.45) is 0. The number of benzene rings is 4. The van der Waals surface area contributed by atoms with Gasteiger partial charge in [-0.1, -0.05) is 72.8 Å². The molecule has 0 fully saturated rings. The molecule has 3 heteroatoms. The first-order chi connectivity index (χ1) is 11.3. The van der Waals surface area contributed by atoms with Gasteiger partial charge in [-0.25, -0.2) is 0 Å². The minimum atomic E-state index is -1.48. The van der Waals surface area contributed by atoms with Gasteiger partial charge in [0.1, 0.15) is 0 Å². The van der Waals surface area contributed by atoms with Crippen molar-refractivity contribution in [3.63, 3.8) is 0 Å². The van der Waals surface area contributed by atoms with Crippen molar-refractivity contribution in [2.75, 3.05) is 0 Å². The fourth-order valence-corrected chi connectivity index (χ4v) is 3.25. The lowest BCUT2D eigenvalue weighted by atomic mass is 9.75. The zero-order valence-electron chi connectivity index (χ0n) is 12.5. The van der Waals surface area contributed by atoms with E-state index < -0.39 is 7.12 Å². The summed E-state index contributed by atoms with van der Waals surface area (Å²) in [4.78, 5) is 0. The molecule has 4 rings (SSSR count). The third-order valence-electron chi connectivity index (χ3n) is 4.28. The maximum atomic E-state index is 9.71. The number of hydrogen-bond donors (Lipinski definition) is 2. The van der Waals surface area contributed by atoms with E-state index in [1.165, 1.54) is 0 Å². The molecule has 0 aliphatic heterocycles. The van der Waals surface area contributed by atoms with E-state index >= 15 is 0 Å². The summed E-state index contributed by atoms with van der Waals surface area (Å²) in [5, 5.41) is 23.6. The van der Waals surface area contributed by atoms with Gasteiger partial charge in [0.15, 0.2) is 0 Å². The molecule has 0 atom stereocenters. The molecule has 0 saturated carbocycles. The van der Waals surface area contributed by atoms with E-state index in [1.54, 1.807) is 6.07 Å². The predicted molar refractivity (Wildman–Crippen MR) is 96.7 cm³/mol. The maximum Gasteiger partial charge on any atom is 0.489 e. The Hall–Kier alpha value is -2.62. The molecular weight excluding hydrogens is 283 g/mol. The van der Waals surface area contributed by atoms with Crippen molar-refractivity contribution < 1.29 is 10.0 Å². The standard InChI is InChI=1S/C20H15BO2/c22-21(23)19-12-6-11-17-18(19)13-15-9-4-5-10-16(15)20(17)14-7-2-1-3-8-14/h1-13,22-23H. The zero-order chi connectivity index (χ0) is 15.8. The molecule has 4 aromatic carbocycles. The Morgan fingerprint density at radius 3 is 2.09 bits per heavy atom. The highest BCUT2D eigenvalue weighted by Gasteiger charge is 2.17. The maximum absolute atomic E-state index is 9.71. The first kappa shape index (κ1) is 14.0. The van der Waals surface area contributed by atoms with Gasteiger partial charge in [-0.3, -0.25) is 0 Å². The van der Waals surface area contributed by atoms with Crippen molar-refractivity contribution in [3.05, 3.63) is 78.9 Å². The Balaban J connectivity index is 2.22. The molecule has 0 radical (unpaired) electrons. The van der Waals surface area contributed by atoms with Gasteiger partial charge in [0.2, 0.25) is 0 Å². The van der Waals surface area contributed by atoms with Gasteiger partial charge in [-0.15, -0.1) is 0 Å². The highest BCUT2D eigenvalue weighted by molar-refractivity contribution is 6.62. The Morgan fingerprint density at radius 2 is 1.30 bits per heavy atom. The largest absolute Gasteiger partial charge is 0.489 e. The molecule has 0 heterocycles. The first-order valence-corrected chi connectivity index (χ1v) is 7.61. The number of rotatable bonds is 2. The first-order valence-electron chi connectivity index (χ1n) is 7.61. The Bertz CT molecular complexity index is 994. The summed E-state index contributed by atoms with van der Waals surface area (Å²) < 4.78 is 0. The highest BCUT2D eigenvalue weighted by Crippen LogP contribution is 2.35. The Labute approximate surface area is 134 Å². The number of fused-ring (bicyclic) bond motifs is 2. The molecule has 0 amide bonds. The molecule has 0 aliphatic carbocycles. The summed E-state index contributed by atoms with van der Waals surface area (Å²) in [6.45, 7) is 0. The molecule has 0 spiro atoms. The molecule has 2 N–H and O–H groups in total. The van der Waals surface area contributed by atoms with Crippen LogP contribution in [0.2, 0.25) is 0 Å². The molecule has 2 nitrogen and oxygen atoms in total. The van der Waals surface area contributed by atoms with Crippen LogP contribution in [0, 0.1) is 0 Å². The van der Waals surface area contributed by atoms with Crippen molar-refractivity contribution >= 4 is 34.1 Å². The van der Waals surface area contributed by atoms with Crippen molar-refractivity contribution in [2.24, 2.45) is 0 Å². The molecular formula is C20H15BO2. The molecule has 0 saturated heterocycles. The van der Waals surface area contributed by atoms with Crippen molar-refractivity contribution in [1.82, 2.24) is 0 Å². The monoisotopic (exact) mass is 298 g/mol. The van der Waals surface area contributed by atoms with Crippen molar-refractivity contribution in [1.29, 1.82) is 0 Å². The second-order valence-corrected chi connectivity index (χ2v) is 5.65. The highest BCUT2D eigenvalue weighted by atomic mass is 16.4. The fourth-order valence-electron chi connectivity index (χ4n) is 3.25. The molecule has 0 aliphatic rings. The van der Waals surface area contributed by atoms with Gasteiger partial charge in [0, 0.05) is 0 Å². The van der Waals surface area contributed by atoms with Crippen LogP contribution in [0.25, 0.3) is 32.7 Å². The summed E-state index contributed by atoms with van der Waals surface area (Å²) in [7, 11) is -1.48. The van der Waals surface area contributed by atoms with Gasteiger partial charge >= 0.3 is 7.12 Å². The second-order valence-electron chi connectivity index (χ2n) is 5.65. The summed E-state index contributed by atoms with van der Waals surface area (Å²) >= 11 is 0. The zero-order valence-corrected chi connectivity index (χ0v) is 12.5. The van der Waals surface area contributed by atoms with Crippen LogP contribution >= 0.6 is 0 Å². The quantitative estimate of drug-likeness (QED) is 0.440. The van der Waals surface area contributed by atoms with Crippen LogP contribution in [-0.4, -0.2) is 17.2 Å². The SMILES string of the molecule is OB(O)c1cccc2c(-c3ccccc3)c3ccccc3cc12. The van der Waals surface area contributed by atoms with E-state index in [9.17, 15) is 10.0 Å². The van der Waals surface area contributed by atoms with Crippen molar-refractivity contribution in [2.45, 2.75) is 0 Å². The van der Waals surface area contributed by atoms with E-state index in [4.69, 9.17) is 0 Å². The van der Waals surface area contributed by atoms with Crippen LogP contribution in [0.3, 0.4) is 0 Å². The molecule has 0 unspecified atom stereocenters. The summed E-state index contributed by atoms with van der Waals surface area (Å²) in [6, 6.07) is 26.1. The van der Waals surface area contributed by atoms with E-state index in [-0.39, 0.29) is 0 Å². The molecule has 0 bridgehead atoms. The van der Waals surface area contributed by atoms with Gasteiger partial charge in [-0.2, -0.15) is 0 Å². The van der Waals surface area contributed by atoms with E-state index in [1.807, 2.05) is 48.5 Å². The molecule has 23 heavy (non-hydrogen) atoms. The third kappa shape index (κ3) is 2.31. The van der Waals surface area contributed by atoms with Crippen LogP contribution in [0.4, 0.5) is 0 Å². The fraction of sp³-hybridized carbons (Fsp3) is 0. The average molecular weight is 298 g/mol. The minimum Gasteiger partial charge on any atom is -0.423 e. The van der Waals surface area contributed by atoms with Crippen molar-refractivity contribution in [3.8, 4) is 11.1 Å². The molecule has 110 valence electrons. The lowest BCUT2D eigenvalue weighted by Gasteiger charge is -2.14. The van der Waals surface area contributed by atoms with Crippen LogP contribution < -0.4 is 5.46 Å². The van der Waals surface area contributed by atoms with E-state index in [2.05, 4.69) is 24.3 Å². The topological polar surface area (TPSA) is 40.5 Å². The van der Waals surface area contributed by atoms with Crippen LogP contribution in [0.1, 0.15) is 0 Å². The number of hydrogen-bond acceptors (Lipinski definition) is 2. The molecule has 4 aromatic rings. The normalized spacial score (nSPS) is 11.0. The smallest absolute Gasteiger partial charge is 0.423 e. The minimum absolute atomic E-state index is 0.533. The summed E-state index contributed by atoms with van der Waals surface area (Å²) in [5.41, 5.74) is 2.78. The lowest BCUT2D eigenvalue weighted by Crippen LogP contribution is -2.30. The van der Waals surface area contributed by atoms with Gasteiger partial charge < -0.3 is 10.0 Å². The summed E-state index contributed by atoms with van der Waals surface area (Å²) in [5.74, 6) is 0. The van der Waals surface area contributed by atoms with E-state index in [0.29, 0.717) is 5.46 Å². The third-order valence-corrected chi connectivity index (χ3v) is 4.28. The Morgan fingerprint density at radius 1 is 0.609 bits per heavy atom. The predicted octanol–water partition coefficient (Wildman–Crippen LogP) is 3.34. The van der Waals surface area contributed by atoms with E-state index in [0.717, 1.165) is 32.7 Å². The van der Waals surface area contributed by atoms with Gasteiger partial charge in [0.05, 0.1) is 0 Å².